The first kappa shape index (κ1) is 17.8. The summed E-state index contributed by atoms with van der Waals surface area (Å²) in [7, 11) is 0. The molecule has 0 N–H and O–H groups in total. The fourth-order valence-corrected chi connectivity index (χ4v) is 0.808. The van der Waals surface area contributed by atoms with Gasteiger partial charge in [0, 0.05) is 0 Å². The van der Waals surface area contributed by atoms with Crippen LogP contribution in [0.15, 0.2) is 72.4 Å². The predicted octanol–water partition coefficient (Wildman–Crippen LogP) is 5.80. The summed E-state index contributed by atoms with van der Waals surface area (Å²) in [6, 6.07) is 12.0. The van der Waals surface area contributed by atoms with Crippen LogP contribution in [0, 0.1) is 0 Å². The largest absolute Gasteiger partial charge is 0.0877 e. The van der Waals surface area contributed by atoms with Crippen LogP contribution in [0.2, 0.25) is 0 Å². The fraction of sp³-hybridized carbons (Fsp3) is 0.294. The van der Waals surface area contributed by atoms with Crippen LogP contribution in [0.5, 0.6) is 0 Å². The molecular weight excluding hydrogens is 204 g/mol. The molecule has 0 aromatic heterocycles. The van der Waals surface area contributed by atoms with Crippen molar-refractivity contribution in [1.29, 1.82) is 0 Å². The third-order valence-electron chi connectivity index (χ3n) is 1.51. The van der Waals surface area contributed by atoms with Gasteiger partial charge in [-0.3, -0.25) is 0 Å². The highest BCUT2D eigenvalue weighted by Crippen LogP contribution is 1.88. The molecule has 0 saturated carbocycles. The molecule has 0 aliphatic rings. The van der Waals surface area contributed by atoms with Crippen molar-refractivity contribution in [1.82, 2.24) is 0 Å². The molecule has 0 atom stereocenters. The van der Waals surface area contributed by atoms with E-state index in [1.54, 1.807) is 0 Å². The molecule has 0 unspecified atom stereocenters. The highest BCUT2D eigenvalue weighted by molar-refractivity contribution is 5.13. The quantitative estimate of drug-likeness (QED) is 0.563. The molecule has 1 aromatic rings. The SMILES string of the molecule is C/C=C\C=C/C=C(C)C.CC.c1ccccc1. The molecule has 0 heterocycles. The number of benzene rings is 1. The molecule has 94 valence electrons. The van der Waals surface area contributed by atoms with Crippen LogP contribution in [-0.2, 0) is 0 Å². The summed E-state index contributed by atoms with van der Waals surface area (Å²) in [6.45, 7) is 10.2. The van der Waals surface area contributed by atoms with E-state index in [1.165, 1.54) is 5.57 Å². The van der Waals surface area contributed by atoms with Gasteiger partial charge in [0.15, 0.2) is 0 Å². The predicted molar refractivity (Wildman–Crippen MR) is 81.2 cm³/mol. The van der Waals surface area contributed by atoms with E-state index in [0.717, 1.165) is 0 Å². The standard InChI is InChI=1S/C9H14.C6H6.C2H6/c1-4-5-6-7-8-9(2)3;1-2-4-6-5-3-1;1-2/h4-8H,1-3H3;1-6H;1-2H3/b5-4-,7-6-;;. The fourth-order valence-electron chi connectivity index (χ4n) is 0.808. The van der Waals surface area contributed by atoms with Gasteiger partial charge in [0.1, 0.15) is 0 Å². The van der Waals surface area contributed by atoms with Gasteiger partial charge in [-0.2, -0.15) is 0 Å². The minimum absolute atomic E-state index is 1.33. The smallest absolute Gasteiger partial charge is 0.0439 e. The van der Waals surface area contributed by atoms with E-state index >= 15 is 0 Å². The maximum atomic E-state index is 2.08. The normalized spacial score (nSPS) is 9.00. The zero-order valence-electron chi connectivity index (χ0n) is 11.9. The molecule has 0 bridgehead atoms. The molecule has 0 saturated heterocycles. The van der Waals surface area contributed by atoms with Crippen LogP contribution >= 0.6 is 0 Å². The first-order valence-corrected chi connectivity index (χ1v) is 6.20. The lowest BCUT2D eigenvalue weighted by Crippen LogP contribution is -1.57. The van der Waals surface area contributed by atoms with E-state index in [2.05, 4.69) is 19.9 Å². The van der Waals surface area contributed by atoms with Crippen LogP contribution in [0.1, 0.15) is 34.6 Å². The Bertz CT molecular complexity index is 271. The third-order valence-corrected chi connectivity index (χ3v) is 1.51. The Morgan fingerprint density at radius 2 is 1.12 bits per heavy atom. The van der Waals surface area contributed by atoms with Crippen LogP contribution in [0.3, 0.4) is 0 Å². The van der Waals surface area contributed by atoms with Gasteiger partial charge in [0.25, 0.3) is 0 Å². The third kappa shape index (κ3) is 20.5. The zero-order valence-corrected chi connectivity index (χ0v) is 11.9. The van der Waals surface area contributed by atoms with Crippen molar-refractivity contribution >= 4 is 0 Å². The van der Waals surface area contributed by atoms with E-state index in [9.17, 15) is 0 Å². The number of hydrogen-bond donors (Lipinski definition) is 0. The summed E-state index contributed by atoms with van der Waals surface area (Å²) < 4.78 is 0. The summed E-state index contributed by atoms with van der Waals surface area (Å²) in [5, 5.41) is 0. The van der Waals surface area contributed by atoms with Crippen LogP contribution in [0.4, 0.5) is 0 Å². The molecule has 0 heteroatoms. The van der Waals surface area contributed by atoms with Crippen molar-refractivity contribution in [2.24, 2.45) is 0 Å². The van der Waals surface area contributed by atoms with Gasteiger partial charge < -0.3 is 0 Å². The second-order valence-corrected chi connectivity index (χ2v) is 3.31. The molecule has 0 aliphatic heterocycles. The van der Waals surface area contributed by atoms with Crippen LogP contribution in [0.25, 0.3) is 0 Å². The molecule has 1 aromatic carbocycles. The van der Waals surface area contributed by atoms with Crippen LogP contribution < -0.4 is 0 Å². The minimum Gasteiger partial charge on any atom is -0.0877 e. The Morgan fingerprint density at radius 3 is 1.41 bits per heavy atom. The summed E-state index contributed by atoms with van der Waals surface area (Å²) in [4.78, 5) is 0. The second kappa shape index (κ2) is 16.9. The summed E-state index contributed by atoms with van der Waals surface area (Å²) >= 11 is 0. The molecular formula is C17H26. The molecule has 0 nitrogen and oxygen atoms in total. The lowest BCUT2D eigenvalue weighted by atomic mass is 10.3. The average molecular weight is 230 g/mol. The van der Waals surface area contributed by atoms with Gasteiger partial charge in [-0.05, 0) is 20.8 Å². The molecule has 0 amide bonds. The van der Waals surface area contributed by atoms with Gasteiger partial charge in [-0.15, -0.1) is 0 Å². The Hall–Kier alpha value is -1.56. The Kier molecular flexibility index (Phi) is 17.7. The molecule has 1 rings (SSSR count). The topological polar surface area (TPSA) is 0 Å². The first-order valence-electron chi connectivity index (χ1n) is 6.20. The van der Waals surface area contributed by atoms with Gasteiger partial charge >= 0.3 is 0 Å². The van der Waals surface area contributed by atoms with Gasteiger partial charge in [-0.1, -0.05) is 86.2 Å². The van der Waals surface area contributed by atoms with Gasteiger partial charge in [-0.25, -0.2) is 0 Å². The van der Waals surface area contributed by atoms with E-state index in [0.29, 0.717) is 0 Å². The van der Waals surface area contributed by atoms with Crippen LogP contribution in [-0.4, -0.2) is 0 Å². The van der Waals surface area contributed by atoms with E-state index in [1.807, 2.05) is 81.5 Å². The van der Waals surface area contributed by atoms with Crippen molar-refractivity contribution in [2.75, 3.05) is 0 Å². The van der Waals surface area contributed by atoms with E-state index in [-0.39, 0.29) is 0 Å². The lowest BCUT2D eigenvalue weighted by Gasteiger charge is -1.79. The zero-order chi connectivity index (χ0) is 13.4. The summed E-state index contributed by atoms with van der Waals surface area (Å²) in [5.41, 5.74) is 1.33. The van der Waals surface area contributed by atoms with Crippen molar-refractivity contribution in [3.63, 3.8) is 0 Å². The lowest BCUT2D eigenvalue weighted by molar-refractivity contribution is 1.39. The Morgan fingerprint density at radius 1 is 0.706 bits per heavy atom. The average Bonchev–Trinajstić information content (AvgIpc) is 2.40. The molecule has 0 radical (unpaired) electrons. The number of allylic oxidation sites excluding steroid dienone is 6. The maximum absolute atomic E-state index is 2.08. The van der Waals surface area contributed by atoms with Crippen molar-refractivity contribution in [3.8, 4) is 0 Å². The highest BCUT2D eigenvalue weighted by Gasteiger charge is 1.67. The summed E-state index contributed by atoms with van der Waals surface area (Å²) in [6.07, 6.45) is 10.2. The Balaban J connectivity index is 0. The van der Waals surface area contributed by atoms with Gasteiger partial charge in [0.05, 0.1) is 0 Å². The van der Waals surface area contributed by atoms with Gasteiger partial charge in [0.2, 0.25) is 0 Å². The second-order valence-electron chi connectivity index (χ2n) is 3.31. The molecule has 17 heavy (non-hydrogen) atoms. The first-order chi connectivity index (χ1) is 8.27. The van der Waals surface area contributed by atoms with Crippen molar-refractivity contribution < 1.29 is 0 Å². The molecule has 0 spiro atoms. The summed E-state index contributed by atoms with van der Waals surface area (Å²) in [5.74, 6) is 0. The number of rotatable bonds is 2. The van der Waals surface area contributed by atoms with E-state index in [4.69, 9.17) is 0 Å². The maximum Gasteiger partial charge on any atom is -0.0439 e. The molecule has 0 fully saturated rings. The minimum atomic E-state index is 1.33. The number of hydrogen-bond acceptors (Lipinski definition) is 0. The van der Waals surface area contributed by atoms with Crippen molar-refractivity contribution in [2.45, 2.75) is 34.6 Å². The monoisotopic (exact) mass is 230 g/mol. The Labute approximate surface area is 107 Å². The highest BCUT2D eigenvalue weighted by atomic mass is 13.7. The van der Waals surface area contributed by atoms with E-state index < -0.39 is 0 Å². The molecule has 0 aliphatic carbocycles. The van der Waals surface area contributed by atoms with Crippen molar-refractivity contribution in [3.05, 3.63) is 72.4 Å².